The molecular weight excluding hydrogens is 495 g/mol. The molecule has 0 saturated heterocycles. The van der Waals surface area contributed by atoms with Crippen LogP contribution in [-0.4, -0.2) is 32.0 Å². The predicted molar refractivity (Wildman–Crippen MR) is 117 cm³/mol. The van der Waals surface area contributed by atoms with Gasteiger partial charge in [0, 0.05) is 36.7 Å². The van der Waals surface area contributed by atoms with Crippen molar-refractivity contribution in [2.75, 3.05) is 20.1 Å². The minimum atomic E-state index is -0.0923. The number of nitrogens with one attached hydrogen (secondary N) is 3. The van der Waals surface area contributed by atoms with E-state index in [4.69, 9.17) is 0 Å². The first-order valence-electron chi connectivity index (χ1n) is 7.71. The molecule has 0 heterocycles. The second kappa shape index (κ2) is 11.9. The first-order valence-corrected chi connectivity index (χ1v) is 8.50. The van der Waals surface area contributed by atoms with Crippen LogP contribution in [0.4, 0.5) is 0 Å². The molecule has 5 nitrogen and oxygen atoms in total. The molecule has 0 bridgehead atoms. The fourth-order valence-electron chi connectivity index (χ4n) is 2.09. The Balaban J connectivity index is 0.00000312. The molecule has 1 amide bonds. The Labute approximate surface area is 173 Å². The van der Waals surface area contributed by atoms with Crippen molar-refractivity contribution in [2.24, 2.45) is 4.99 Å². The third-order valence-electron chi connectivity index (χ3n) is 3.32. The van der Waals surface area contributed by atoms with Crippen LogP contribution in [0.1, 0.15) is 15.9 Å². The summed E-state index contributed by atoms with van der Waals surface area (Å²) in [6.07, 6.45) is 0. The van der Waals surface area contributed by atoms with Crippen LogP contribution in [0.3, 0.4) is 0 Å². The van der Waals surface area contributed by atoms with E-state index in [1.807, 2.05) is 30.3 Å². The van der Waals surface area contributed by atoms with Gasteiger partial charge in [0.25, 0.3) is 5.91 Å². The van der Waals surface area contributed by atoms with Crippen LogP contribution in [0.2, 0.25) is 0 Å². The molecule has 0 radical (unpaired) electrons. The zero-order valence-electron chi connectivity index (χ0n) is 14.0. The molecule has 0 aromatic heterocycles. The highest BCUT2D eigenvalue weighted by molar-refractivity contribution is 14.0. The summed E-state index contributed by atoms with van der Waals surface area (Å²) in [5.41, 5.74) is 1.82. The number of nitrogens with zero attached hydrogens (tertiary/aromatic N) is 1. The fourth-order valence-corrected chi connectivity index (χ4v) is 2.49. The smallest absolute Gasteiger partial charge is 0.251 e. The van der Waals surface area contributed by atoms with Gasteiger partial charge < -0.3 is 16.0 Å². The number of rotatable bonds is 6. The van der Waals surface area contributed by atoms with Crippen LogP contribution in [-0.2, 0) is 6.54 Å². The number of carbonyl (C=O) groups excluding carboxylic acids is 1. The third-order valence-corrected chi connectivity index (χ3v) is 3.81. The Morgan fingerprint density at radius 1 is 1.00 bits per heavy atom. The van der Waals surface area contributed by atoms with Crippen molar-refractivity contribution in [2.45, 2.75) is 6.54 Å². The van der Waals surface area contributed by atoms with Gasteiger partial charge in [0.05, 0.1) is 0 Å². The molecule has 2 aromatic rings. The van der Waals surface area contributed by atoms with E-state index in [0.717, 1.165) is 4.47 Å². The van der Waals surface area contributed by atoms with Crippen molar-refractivity contribution in [3.63, 3.8) is 0 Å². The highest BCUT2D eigenvalue weighted by atomic mass is 127. The number of benzene rings is 2. The van der Waals surface area contributed by atoms with E-state index in [2.05, 4.69) is 49.0 Å². The quantitative estimate of drug-likeness (QED) is 0.239. The molecule has 0 saturated carbocycles. The lowest BCUT2D eigenvalue weighted by molar-refractivity contribution is 0.0954. The number of aliphatic imine (C=N–C) groups is 1. The summed E-state index contributed by atoms with van der Waals surface area (Å²) >= 11 is 3.36. The maximum absolute atomic E-state index is 12.0. The molecule has 0 atom stereocenters. The molecular formula is C18H22BrIN4O. The van der Waals surface area contributed by atoms with Crippen LogP contribution in [0.25, 0.3) is 0 Å². The summed E-state index contributed by atoms with van der Waals surface area (Å²) in [5.74, 6) is 0.612. The molecule has 25 heavy (non-hydrogen) atoms. The topological polar surface area (TPSA) is 65.5 Å². The molecule has 0 unspecified atom stereocenters. The Morgan fingerprint density at radius 3 is 2.40 bits per heavy atom. The second-order valence-electron chi connectivity index (χ2n) is 5.10. The summed E-state index contributed by atoms with van der Waals surface area (Å²) in [6, 6.07) is 17.4. The molecule has 134 valence electrons. The summed E-state index contributed by atoms with van der Waals surface area (Å²) in [7, 11) is 1.72. The first kappa shape index (κ1) is 21.4. The number of amides is 1. The van der Waals surface area contributed by atoms with Crippen molar-refractivity contribution < 1.29 is 4.79 Å². The summed E-state index contributed by atoms with van der Waals surface area (Å²) in [5, 5.41) is 9.28. The highest BCUT2D eigenvalue weighted by Gasteiger charge is 2.05. The molecule has 7 heteroatoms. The van der Waals surface area contributed by atoms with Gasteiger partial charge in [-0.1, -0.05) is 52.3 Å². The summed E-state index contributed by atoms with van der Waals surface area (Å²) < 4.78 is 0.888. The number of guanidine groups is 1. The van der Waals surface area contributed by atoms with Crippen LogP contribution in [0.5, 0.6) is 0 Å². The van der Waals surface area contributed by atoms with Gasteiger partial charge in [0.2, 0.25) is 0 Å². The molecule has 0 spiro atoms. The molecule has 2 rings (SSSR count). The Bertz CT molecular complexity index is 694. The number of hydrogen-bond donors (Lipinski definition) is 3. The lowest BCUT2D eigenvalue weighted by Crippen LogP contribution is -2.41. The van der Waals surface area contributed by atoms with E-state index in [-0.39, 0.29) is 29.9 Å². The van der Waals surface area contributed by atoms with Crippen LogP contribution < -0.4 is 16.0 Å². The van der Waals surface area contributed by atoms with Crippen molar-refractivity contribution in [3.05, 3.63) is 70.2 Å². The molecule has 3 N–H and O–H groups in total. The average Bonchev–Trinajstić information content (AvgIpc) is 2.61. The maximum atomic E-state index is 12.0. The van der Waals surface area contributed by atoms with E-state index in [1.54, 1.807) is 19.2 Å². The molecule has 0 fully saturated rings. The average molecular weight is 517 g/mol. The van der Waals surface area contributed by atoms with E-state index in [0.29, 0.717) is 31.2 Å². The monoisotopic (exact) mass is 516 g/mol. The van der Waals surface area contributed by atoms with Crippen molar-refractivity contribution in [1.29, 1.82) is 0 Å². The fraction of sp³-hybridized carbons (Fsp3) is 0.222. The van der Waals surface area contributed by atoms with Gasteiger partial charge in [-0.25, -0.2) is 0 Å². The van der Waals surface area contributed by atoms with E-state index < -0.39 is 0 Å². The largest absolute Gasteiger partial charge is 0.355 e. The zero-order chi connectivity index (χ0) is 17.2. The van der Waals surface area contributed by atoms with Crippen molar-refractivity contribution in [1.82, 2.24) is 16.0 Å². The van der Waals surface area contributed by atoms with Gasteiger partial charge in [0.15, 0.2) is 5.96 Å². The van der Waals surface area contributed by atoms with E-state index in [9.17, 15) is 4.79 Å². The van der Waals surface area contributed by atoms with Crippen LogP contribution in [0, 0.1) is 0 Å². The van der Waals surface area contributed by atoms with Crippen molar-refractivity contribution >= 4 is 51.8 Å². The third kappa shape index (κ3) is 7.87. The molecule has 0 aliphatic heterocycles. The maximum Gasteiger partial charge on any atom is 0.251 e. The SMILES string of the molecule is CN=C(NCCNC(=O)c1cccc(Br)c1)NCc1ccccc1.I. The Morgan fingerprint density at radius 2 is 1.72 bits per heavy atom. The van der Waals surface area contributed by atoms with Gasteiger partial charge in [-0.3, -0.25) is 9.79 Å². The van der Waals surface area contributed by atoms with Gasteiger partial charge in [-0.05, 0) is 23.8 Å². The van der Waals surface area contributed by atoms with Crippen LogP contribution >= 0.6 is 39.9 Å². The molecule has 0 aliphatic carbocycles. The summed E-state index contributed by atoms with van der Waals surface area (Å²) in [4.78, 5) is 16.2. The normalized spacial score (nSPS) is 10.6. The Hall–Kier alpha value is -1.61. The van der Waals surface area contributed by atoms with Crippen molar-refractivity contribution in [3.8, 4) is 0 Å². The summed E-state index contributed by atoms with van der Waals surface area (Å²) in [6.45, 7) is 1.80. The number of hydrogen-bond acceptors (Lipinski definition) is 2. The minimum Gasteiger partial charge on any atom is -0.355 e. The standard InChI is InChI=1S/C18H21BrN4O.HI/c1-20-18(23-13-14-6-3-2-4-7-14)22-11-10-21-17(24)15-8-5-9-16(19)12-15;/h2-9,12H,10-11,13H2,1H3,(H,21,24)(H2,20,22,23);1H. The molecule has 2 aromatic carbocycles. The lowest BCUT2D eigenvalue weighted by atomic mass is 10.2. The minimum absolute atomic E-state index is 0. The lowest BCUT2D eigenvalue weighted by Gasteiger charge is -2.12. The second-order valence-corrected chi connectivity index (χ2v) is 6.02. The van der Waals surface area contributed by atoms with E-state index in [1.165, 1.54) is 5.56 Å². The number of halogens is 2. The zero-order valence-corrected chi connectivity index (χ0v) is 17.9. The van der Waals surface area contributed by atoms with Gasteiger partial charge >= 0.3 is 0 Å². The first-order chi connectivity index (χ1) is 11.7. The Kier molecular flexibility index (Phi) is 10.2. The van der Waals surface area contributed by atoms with Gasteiger partial charge in [-0.15, -0.1) is 24.0 Å². The van der Waals surface area contributed by atoms with E-state index >= 15 is 0 Å². The van der Waals surface area contributed by atoms with Gasteiger partial charge in [0.1, 0.15) is 0 Å². The number of carbonyl (C=O) groups is 1. The molecule has 0 aliphatic rings. The highest BCUT2D eigenvalue weighted by Crippen LogP contribution is 2.11. The predicted octanol–water partition coefficient (Wildman–Crippen LogP) is 3.16. The van der Waals surface area contributed by atoms with Crippen LogP contribution in [0.15, 0.2) is 64.1 Å². The van der Waals surface area contributed by atoms with Gasteiger partial charge in [-0.2, -0.15) is 0 Å².